The molecular weight excluding hydrogens is 381 g/mol. The summed E-state index contributed by atoms with van der Waals surface area (Å²) < 4.78 is 18.3. The van der Waals surface area contributed by atoms with Crippen molar-refractivity contribution in [2.75, 3.05) is 27.7 Å². The van der Waals surface area contributed by atoms with Crippen LogP contribution in [-0.4, -0.2) is 42.9 Å². The molecule has 0 rings (SSSR count). The van der Waals surface area contributed by atoms with Crippen LogP contribution < -0.4 is 0 Å². The van der Waals surface area contributed by atoms with Crippen molar-refractivity contribution in [2.24, 2.45) is 0 Å². The van der Waals surface area contributed by atoms with Gasteiger partial charge in [0.05, 0.1) is 27.7 Å². The van der Waals surface area contributed by atoms with Gasteiger partial charge in [-0.15, -0.1) is 0 Å². The van der Waals surface area contributed by atoms with Gasteiger partial charge in [-0.05, 0) is 32.1 Å². The van der Waals surface area contributed by atoms with Crippen molar-refractivity contribution >= 4 is 7.60 Å². The molecule has 29 heavy (non-hydrogen) atoms. The smallest absolute Gasteiger partial charge is 0.320 e. The highest BCUT2D eigenvalue weighted by Gasteiger charge is 2.41. The van der Waals surface area contributed by atoms with Gasteiger partial charge in [-0.3, -0.25) is 4.57 Å². The van der Waals surface area contributed by atoms with Crippen molar-refractivity contribution in [1.82, 2.24) is 0 Å². The highest BCUT2D eigenvalue weighted by Crippen LogP contribution is 2.51. The van der Waals surface area contributed by atoms with Gasteiger partial charge in [-0.2, -0.15) is 0 Å². The van der Waals surface area contributed by atoms with Gasteiger partial charge in [0.2, 0.25) is 0 Å². The lowest BCUT2D eigenvalue weighted by Crippen LogP contribution is -2.44. The lowest BCUT2D eigenvalue weighted by Gasteiger charge is -2.35. The molecule has 0 aromatic heterocycles. The lowest BCUT2D eigenvalue weighted by molar-refractivity contribution is -0.883. The molecule has 0 amide bonds. The van der Waals surface area contributed by atoms with Crippen LogP contribution in [0, 0.1) is 0 Å². The fourth-order valence-electron chi connectivity index (χ4n) is 3.85. The first-order valence-corrected chi connectivity index (χ1v) is 13.8. The summed E-state index contributed by atoms with van der Waals surface area (Å²) >= 11 is 0. The summed E-state index contributed by atoms with van der Waals surface area (Å²) in [6.07, 6.45) is 23.0. The SMILES string of the molecule is CCCCCCCCC/C=C\CCCCCCCOP(=O)(O)C(CC)[N+](C)(C)C. The van der Waals surface area contributed by atoms with Crippen LogP contribution in [0.1, 0.15) is 110 Å². The minimum absolute atomic E-state index is 0.352. The summed E-state index contributed by atoms with van der Waals surface area (Å²) in [5.74, 6) is -0.352. The van der Waals surface area contributed by atoms with Crippen LogP contribution in [0.3, 0.4) is 0 Å². The van der Waals surface area contributed by atoms with E-state index in [9.17, 15) is 9.46 Å². The van der Waals surface area contributed by atoms with E-state index in [1.807, 2.05) is 28.1 Å². The quantitative estimate of drug-likeness (QED) is 0.0929. The molecule has 0 aliphatic heterocycles. The van der Waals surface area contributed by atoms with E-state index in [1.165, 1.54) is 77.0 Å². The molecule has 0 aromatic carbocycles. The molecule has 0 heterocycles. The van der Waals surface area contributed by atoms with E-state index < -0.39 is 7.60 Å². The summed E-state index contributed by atoms with van der Waals surface area (Å²) in [5, 5.41) is 0. The molecule has 174 valence electrons. The molecule has 5 heteroatoms. The van der Waals surface area contributed by atoms with Gasteiger partial charge in [-0.1, -0.05) is 83.8 Å². The molecule has 0 bridgehead atoms. The Morgan fingerprint density at radius 3 is 1.69 bits per heavy atom. The normalized spacial score (nSPS) is 15.7. The average molecular weight is 433 g/mol. The zero-order valence-corrected chi connectivity index (χ0v) is 21.1. The van der Waals surface area contributed by atoms with Crippen LogP contribution >= 0.6 is 7.60 Å². The van der Waals surface area contributed by atoms with Gasteiger partial charge >= 0.3 is 7.60 Å². The summed E-state index contributed by atoms with van der Waals surface area (Å²) in [7, 11) is 2.29. The van der Waals surface area contributed by atoms with Crippen LogP contribution in [0.2, 0.25) is 0 Å². The minimum atomic E-state index is -3.55. The molecule has 0 fully saturated rings. The van der Waals surface area contributed by atoms with E-state index in [-0.39, 0.29) is 5.78 Å². The largest absolute Gasteiger partial charge is 0.385 e. The third kappa shape index (κ3) is 16.2. The van der Waals surface area contributed by atoms with E-state index in [4.69, 9.17) is 4.52 Å². The highest BCUT2D eigenvalue weighted by molar-refractivity contribution is 7.53. The molecule has 0 aliphatic carbocycles. The van der Waals surface area contributed by atoms with E-state index >= 15 is 0 Å². The van der Waals surface area contributed by atoms with Gasteiger partial charge in [-0.25, -0.2) is 0 Å². The molecule has 0 spiro atoms. The van der Waals surface area contributed by atoms with Crippen molar-refractivity contribution in [3.05, 3.63) is 12.2 Å². The predicted octanol–water partition coefficient (Wildman–Crippen LogP) is 7.67. The van der Waals surface area contributed by atoms with Crippen molar-refractivity contribution < 1.29 is 18.5 Å². The zero-order chi connectivity index (χ0) is 22.0. The Morgan fingerprint density at radius 1 is 0.793 bits per heavy atom. The van der Waals surface area contributed by atoms with Gasteiger partial charge in [0.15, 0.2) is 5.78 Å². The standard InChI is InChI=1S/C24H50NO3P/c1-6-8-9-10-11-12-13-14-15-16-17-18-19-20-21-22-23-28-29(26,27)24(7-2)25(3,4)5/h15-16,24H,6-14,17-23H2,1-5H3/p+1/b16-15-. The molecule has 1 N–H and O–H groups in total. The number of unbranched alkanes of at least 4 members (excludes halogenated alkanes) is 12. The maximum Gasteiger partial charge on any atom is 0.385 e. The molecule has 0 saturated carbocycles. The summed E-state index contributed by atoms with van der Waals surface area (Å²) in [6, 6.07) is 0. The third-order valence-corrected chi connectivity index (χ3v) is 7.93. The molecule has 2 atom stereocenters. The Morgan fingerprint density at radius 2 is 1.24 bits per heavy atom. The number of rotatable bonds is 20. The minimum Gasteiger partial charge on any atom is -0.320 e. The van der Waals surface area contributed by atoms with Gasteiger partial charge < -0.3 is 13.9 Å². The molecule has 0 saturated heterocycles. The zero-order valence-electron chi connectivity index (χ0n) is 20.2. The number of allylic oxidation sites excluding steroid dienone is 2. The number of nitrogens with zero attached hydrogens (tertiary/aromatic N) is 1. The maximum absolute atomic E-state index is 12.5. The van der Waals surface area contributed by atoms with Crippen molar-refractivity contribution in [2.45, 2.75) is 116 Å². The highest BCUT2D eigenvalue weighted by atomic mass is 31.2. The van der Waals surface area contributed by atoms with Crippen molar-refractivity contribution in [3.8, 4) is 0 Å². The van der Waals surface area contributed by atoms with Crippen LogP contribution in [0.5, 0.6) is 0 Å². The fraction of sp³-hybridized carbons (Fsp3) is 0.917. The first kappa shape index (κ1) is 28.9. The van der Waals surface area contributed by atoms with Crippen LogP contribution in [-0.2, 0) is 9.09 Å². The Bertz CT molecular complexity index is 446. The predicted molar refractivity (Wildman–Crippen MR) is 127 cm³/mol. The lowest BCUT2D eigenvalue weighted by atomic mass is 10.1. The second kappa shape index (κ2) is 17.5. The molecule has 2 unspecified atom stereocenters. The summed E-state index contributed by atoms with van der Waals surface area (Å²) in [6.45, 7) is 4.61. The number of hydrogen-bond acceptors (Lipinski definition) is 2. The van der Waals surface area contributed by atoms with Crippen molar-refractivity contribution in [1.29, 1.82) is 0 Å². The maximum atomic E-state index is 12.5. The summed E-state index contributed by atoms with van der Waals surface area (Å²) in [5.41, 5.74) is 0. The van der Waals surface area contributed by atoms with Gasteiger partial charge in [0.1, 0.15) is 0 Å². The number of quaternary nitrogens is 1. The number of hydrogen-bond donors (Lipinski definition) is 1. The monoisotopic (exact) mass is 432 g/mol. The second-order valence-corrected chi connectivity index (χ2v) is 11.3. The second-order valence-electron chi connectivity index (χ2n) is 9.34. The van der Waals surface area contributed by atoms with Gasteiger partial charge in [0, 0.05) is 6.42 Å². The van der Waals surface area contributed by atoms with Crippen LogP contribution in [0.25, 0.3) is 0 Å². The molecule has 0 aliphatic rings. The van der Waals surface area contributed by atoms with Crippen LogP contribution in [0.4, 0.5) is 0 Å². The van der Waals surface area contributed by atoms with E-state index in [2.05, 4.69) is 19.1 Å². The summed E-state index contributed by atoms with van der Waals surface area (Å²) in [4.78, 5) is 10.2. The Balaban J connectivity index is 3.54. The first-order valence-electron chi connectivity index (χ1n) is 12.2. The van der Waals surface area contributed by atoms with Crippen LogP contribution in [0.15, 0.2) is 12.2 Å². The average Bonchev–Trinajstić information content (AvgIpc) is 2.63. The van der Waals surface area contributed by atoms with E-state index in [1.54, 1.807) is 0 Å². The Labute approximate surface area is 182 Å². The molecule has 0 aromatic rings. The van der Waals surface area contributed by atoms with E-state index in [0.717, 1.165) is 12.8 Å². The Kier molecular flexibility index (Phi) is 17.4. The first-order chi connectivity index (χ1) is 13.8. The Hall–Kier alpha value is -0.150. The third-order valence-electron chi connectivity index (χ3n) is 5.57. The fourth-order valence-corrected chi connectivity index (χ4v) is 5.75. The van der Waals surface area contributed by atoms with Crippen molar-refractivity contribution in [3.63, 3.8) is 0 Å². The van der Waals surface area contributed by atoms with Gasteiger partial charge in [0.25, 0.3) is 0 Å². The molecule has 4 nitrogen and oxygen atoms in total. The molecule has 0 radical (unpaired) electrons. The topological polar surface area (TPSA) is 46.5 Å². The van der Waals surface area contributed by atoms with E-state index in [0.29, 0.717) is 17.5 Å². The molecular formula is C24H51NO3P+.